The number of methoxy groups -OCH3 is 1. The molecule has 4 rings (SSSR count). The van der Waals surface area contributed by atoms with Crippen LogP contribution in [0.25, 0.3) is 17.3 Å². The smallest absolute Gasteiger partial charge is 0.144 e. The molecule has 2 aromatic heterocycles. The van der Waals surface area contributed by atoms with Crippen molar-refractivity contribution < 1.29 is 4.74 Å². The molecule has 24 heavy (non-hydrogen) atoms. The van der Waals surface area contributed by atoms with Gasteiger partial charge in [-0.15, -0.1) is 0 Å². The van der Waals surface area contributed by atoms with Gasteiger partial charge in [0.2, 0.25) is 0 Å². The van der Waals surface area contributed by atoms with Crippen LogP contribution in [0.2, 0.25) is 0 Å². The topological polar surface area (TPSA) is 53.2 Å². The van der Waals surface area contributed by atoms with E-state index in [9.17, 15) is 0 Å². The number of aromatic nitrogens is 2. The molecule has 1 aliphatic heterocycles. The van der Waals surface area contributed by atoms with E-state index in [1.807, 2.05) is 31.2 Å². The average Bonchev–Trinajstić information content (AvgIpc) is 3.30. The fraction of sp³-hybridized carbons (Fsp3) is 0.150. The second kappa shape index (κ2) is 5.57. The Morgan fingerprint density at radius 3 is 2.62 bits per heavy atom. The zero-order valence-corrected chi connectivity index (χ0v) is 14.0. The first-order valence-corrected chi connectivity index (χ1v) is 7.95. The lowest BCUT2D eigenvalue weighted by Gasteiger charge is -1.99. The van der Waals surface area contributed by atoms with Gasteiger partial charge >= 0.3 is 0 Å². The summed E-state index contributed by atoms with van der Waals surface area (Å²) in [5.41, 5.74) is 4.26. The van der Waals surface area contributed by atoms with Crippen molar-refractivity contribution in [2.24, 2.45) is 4.99 Å². The van der Waals surface area contributed by atoms with E-state index in [0.717, 1.165) is 49.7 Å². The van der Waals surface area contributed by atoms with E-state index in [2.05, 4.69) is 41.2 Å². The number of H-pyrrole nitrogens is 2. The molecule has 0 amide bonds. The predicted octanol–water partition coefficient (Wildman–Crippen LogP) is 1.10. The number of hydrogen-bond acceptors (Lipinski definition) is 2. The largest absolute Gasteiger partial charge is 0.494 e. The van der Waals surface area contributed by atoms with Crippen LogP contribution < -0.4 is 26.0 Å². The fourth-order valence-corrected chi connectivity index (χ4v) is 3.03. The highest BCUT2D eigenvalue weighted by Crippen LogP contribution is 2.12. The van der Waals surface area contributed by atoms with Gasteiger partial charge in [0.05, 0.1) is 28.9 Å². The number of aryl methyl sites for hydroxylation is 1. The zero-order chi connectivity index (χ0) is 16.7. The van der Waals surface area contributed by atoms with Gasteiger partial charge in [-0.05, 0) is 43.7 Å². The molecule has 1 aliphatic rings. The molecule has 0 radical (unpaired) electrons. The van der Waals surface area contributed by atoms with Crippen LogP contribution >= 0.6 is 0 Å². The number of rotatable bonds is 2. The van der Waals surface area contributed by atoms with Gasteiger partial charge < -0.3 is 14.7 Å². The van der Waals surface area contributed by atoms with Crippen molar-refractivity contribution in [1.29, 1.82) is 0 Å². The highest BCUT2D eigenvalue weighted by atomic mass is 16.5. The van der Waals surface area contributed by atoms with Crippen LogP contribution in [0.3, 0.4) is 0 Å². The van der Waals surface area contributed by atoms with Crippen molar-refractivity contribution in [3.63, 3.8) is 0 Å². The molecule has 0 saturated heterocycles. The van der Waals surface area contributed by atoms with Gasteiger partial charge in [0.15, 0.2) is 0 Å². The summed E-state index contributed by atoms with van der Waals surface area (Å²) < 4.78 is 5.58. The van der Waals surface area contributed by atoms with Crippen molar-refractivity contribution in [3.05, 3.63) is 75.1 Å². The summed E-state index contributed by atoms with van der Waals surface area (Å²) in [7, 11) is 1.69. The lowest BCUT2D eigenvalue weighted by atomic mass is 10.2. The minimum Gasteiger partial charge on any atom is -0.494 e. The molecule has 0 unspecified atom stereocenters. The normalized spacial score (nSPS) is 16.3. The van der Waals surface area contributed by atoms with Crippen LogP contribution in [-0.2, 0) is 0 Å². The van der Waals surface area contributed by atoms with Gasteiger partial charge in [0, 0.05) is 22.7 Å². The van der Waals surface area contributed by atoms with E-state index in [-0.39, 0.29) is 0 Å². The first kappa shape index (κ1) is 14.6. The van der Waals surface area contributed by atoms with Crippen LogP contribution in [0.15, 0.2) is 47.5 Å². The lowest BCUT2D eigenvalue weighted by molar-refractivity contribution is 0.411. The molecule has 120 valence electrons. The number of benzene rings is 1. The summed E-state index contributed by atoms with van der Waals surface area (Å²) >= 11 is 0. The summed E-state index contributed by atoms with van der Waals surface area (Å²) in [5.74, 6) is 0.821. The van der Waals surface area contributed by atoms with Gasteiger partial charge in [0.1, 0.15) is 5.75 Å². The lowest BCUT2D eigenvalue weighted by Crippen LogP contribution is -2.19. The highest BCUT2D eigenvalue weighted by Gasteiger charge is 2.08. The van der Waals surface area contributed by atoms with E-state index in [1.165, 1.54) is 0 Å². The van der Waals surface area contributed by atoms with Gasteiger partial charge in [-0.2, -0.15) is 0 Å². The van der Waals surface area contributed by atoms with Crippen molar-refractivity contribution in [3.8, 4) is 5.75 Å². The second-order valence-corrected chi connectivity index (χ2v) is 6.01. The second-order valence-electron chi connectivity index (χ2n) is 6.01. The number of hydrogen-bond donors (Lipinski definition) is 2. The molecule has 2 N–H and O–H groups in total. The highest BCUT2D eigenvalue weighted by molar-refractivity contribution is 5.77. The number of nitrogens with zero attached hydrogens (tertiary/aromatic N) is 1. The molecule has 4 heteroatoms. The van der Waals surface area contributed by atoms with Gasteiger partial charge in [-0.1, -0.05) is 18.2 Å². The molecule has 3 heterocycles. The molecule has 0 saturated carbocycles. The van der Waals surface area contributed by atoms with E-state index >= 15 is 0 Å². The Bertz CT molecular complexity index is 1130. The Kier molecular flexibility index (Phi) is 3.38. The number of para-hydroxylation sites is 1. The third-order valence-corrected chi connectivity index (χ3v) is 4.36. The maximum absolute atomic E-state index is 5.58. The van der Waals surface area contributed by atoms with E-state index in [4.69, 9.17) is 9.73 Å². The van der Waals surface area contributed by atoms with E-state index < -0.39 is 0 Å². The Labute approximate surface area is 139 Å². The number of aromatic amines is 2. The Morgan fingerprint density at radius 2 is 1.92 bits per heavy atom. The summed E-state index contributed by atoms with van der Waals surface area (Å²) in [6, 6.07) is 14.3. The van der Waals surface area contributed by atoms with Gasteiger partial charge in [-0.3, -0.25) is 0 Å². The van der Waals surface area contributed by atoms with Crippen molar-refractivity contribution in [2.75, 3.05) is 7.11 Å². The summed E-state index contributed by atoms with van der Waals surface area (Å²) in [6.45, 7) is 4.13. The molecular formula is C20H19N3O. The van der Waals surface area contributed by atoms with Crippen molar-refractivity contribution >= 4 is 17.3 Å². The summed E-state index contributed by atoms with van der Waals surface area (Å²) in [5, 5.41) is 4.08. The summed E-state index contributed by atoms with van der Waals surface area (Å²) in [4.78, 5) is 11.5. The predicted molar refractivity (Wildman–Crippen MR) is 95.4 cm³/mol. The minimum absolute atomic E-state index is 0.821. The third kappa shape index (κ3) is 2.36. The summed E-state index contributed by atoms with van der Waals surface area (Å²) in [6.07, 6.45) is 2.10. The minimum atomic E-state index is 0.821. The molecule has 0 bridgehead atoms. The monoisotopic (exact) mass is 317 g/mol. The van der Waals surface area contributed by atoms with Crippen LogP contribution in [-0.4, -0.2) is 17.1 Å². The Balaban J connectivity index is 1.98. The molecular weight excluding hydrogens is 298 g/mol. The molecule has 0 fully saturated rings. The van der Waals surface area contributed by atoms with E-state index in [0.29, 0.717) is 0 Å². The number of fused-ring (bicyclic) bond motifs is 1. The SMILES string of the molecule is COc1cc(=C2C=c3ccccc3=N2)[nH]c1=C(C)c1ccc(C)[nH]1. The number of nitrogens with one attached hydrogen (secondary N) is 2. The third-order valence-electron chi connectivity index (χ3n) is 4.36. The van der Waals surface area contributed by atoms with Crippen molar-refractivity contribution in [2.45, 2.75) is 13.8 Å². The standard InChI is InChI=1S/C20H19N3O/c1-12-8-9-15(21-12)13(2)20-19(24-3)11-18(23-20)17-10-14-6-4-5-7-16(14)22-17/h4-11,21,23H,1-3H3. The first-order valence-electron chi connectivity index (χ1n) is 7.95. The number of ether oxygens (including phenoxy) is 1. The zero-order valence-electron chi connectivity index (χ0n) is 14.0. The maximum atomic E-state index is 5.58. The van der Waals surface area contributed by atoms with Gasteiger partial charge in [-0.25, -0.2) is 4.99 Å². The van der Waals surface area contributed by atoms with Crippen LogP contribution in [0, 0.1) is 6.92 Å². The van der Waals surface area contributed by atoms with Crippen LogP contribution in [0.4, 0.5) is 0 Å². The molecule has 0 atom stereocenters. The van der Waals surface area contributed by atoms with Crippen LogP contribution in [0.5, 0.6) is 5.75 Å². The Morgan fingerprint density at radius 1 is 1.08 bits per heavy atom. The first-order chi connectivity index (χ1) is 11.7. The van der Waals surface area contributed by atoms with Gasteiger partial charge in [0.25, 0.3) is 0 Å². The van der Waals surface area contributed by atoms with Crippen LogP contribution in [0.1, 0.15) is 18.3 Å². The molecule has 0 aliphatic carbocycles. The molecule has 1 aromatic carbocycles. The molecule has 4 nitrogen and oxygen atoms in total. The molecule has 3 aromatic rings. The van der Waals surface area contributed by atoms with E-state index in [1.54, 1.807) is 7.11 Å². The van der Waals surface area contributed by atoms with Crippen molar-refractivity contribution in [1.82, 2.24) is 9.97 Å². The fourth-order valence-electron chi connectivity index (χ4n) is 3.03. The maximum Gasteiger partial charge on any atom is 0.144 e. The average molecular weight is 317 g/mol. The quantitative estimate of drug-likeness (QED) is 0.731. The molecule has 0 spiro atoms. The Hall–Kier alpha value is -3.01.